The smallest absolute Gasteiger partial charge is 0.335 e. The maximum atomic E-state index is 11.2. The lowest BCUT2D eigenvalue weighted by molar-refractivity contribution is 0.0696. The van der Waals surface area contributed by atoms with Crippen LogP contribution in [0.1, 0.15) is 31.8 Å². The maximum Gasteiger partial charge on any atom is 0.335 e. The van der Waals surface area contributed by atoms with Gasteiger partial charge in [-0.15, -0.1) is 0 Å². The van der Waals surface area contributed by atoms with E-state index in [1.165, 1.54) is 0 Å². The molecule has 21 heavy (non-hydrogen) atoms. The predicted molar refractivity (Wildman–Crippen MR) is 76.0 cm³/mol. The fraction of sp³-hybridized carbons (Fsp3) is 0.133. The van der Waals surface area contributed by atoms with Crippen molar-refractivity contribution in [2.75, 3.05) is 4.90 Å². The molecule has 1 aliphatic rings. The molecule has 0 atom stereocenters. The molecule has 1 aromatic carbocycles. The summed E-state index contributed by atoms with van der Waals surface area (Å²) in [6.07, 6.45) is 1.54. The molecular formula is C15H13N3O3. The quantitative estimate of drug-likeness (QED) is 0.887. The van der Waals surface area contributed by atoms with E-state index >= 15 is 0 Å². The second-order valence-corrected chi connectivity index (χ2v) is 4.91. The molecule has 0 saturated heterocycles. The molecule has 0 spiro atoms. The summed E-state index contributed by atoms with van der Waals surface area (Å²) in [5.74, 6) is -0.784. The molecule has 1 aliphatic heterocycles. The molecule has 0 aliphatic carbocycles. The van der Waals surface area contributed by atoms with Crippen LogP contribution in [0, 0.1) is 0 Å². The lowest BCUT2D eigenvalue weighted by Gasteiger charge is -2.16. The number of benzene rings is 1. The van der Waals surface area contributed by atoms with Crippen molar-refractivity contribution < 1.29 is 14.7 Å². The Bertz CT molecular complexity index is 743. The highest BCUT2D eigenvalue weighted by Crippen LogP contribution is 2.28. The predicted octanol–water partition coefficient (Wildman–Crippen LogP) is 1.40. The number of primary amides is 1. The molecule has 1 amide bonds. The first-order valence-electron chi connectivity index (χ1n) is 6.40. The highest BCUT2D eigenvalue weighted by Gasteiger charge is 2.21. The Balaban J connectivity index is 1.89. The Morgan fingerprint density at radius 3 is 2.57 bits per heavy atom. The van der Waals surface area contributed by atoms with E-state index in [0.717, 1.165) is 11.1 Å². The van der Waals surface area contributed by atoms with Gasteiger partial charge >= 0.3 is 5.97 Å². The molecule has 6 nitrogen and oxygen atoms in total. The van der Waals surface area contributed by atoms with Gasteiger partial charge in [-0.3, -0.25) is 4.79 Å². The molecule has 106 valence electrons. The molecule has 0 radical (unpaired) electrons. The zero-order valence-electron chi connectivity index (χ0n) is 11.1. The van der Waals surface area contributed by atoms with Gasteiger partial charge < -0.3 is 15.7 Å². The maximum absolute atomic E-state index is 11.2. The number of nitrogens with zero attached hydrogens (tertiary/aromatic N) is 2. The van der Waals surface area contributed by atoms with E-state index in [4.69, 9.17) is 10.8 Å². The molecule has 6 heteroatoms. The lowest BCUT2D eigenvalue weighted by atomic mass is 10.1. The SMILES string of the molecule is NC(=O)c1ccnc(N2Cc3ccc(C(=O)O)cc3C2)c1. The minimum absolute atomic E-state index is 0.273. The zero-order chi connectivity index (χ0) is 15.0. The Kier molecular flexibility index (Phi) is 3.06. The van der Waals surface area contributed by atoms with Crippen LogP contribution < -0.4 is 10.6 Å². The van der Waals surface area contributed by atoms with Gasteiger partial charge in [0.2, 0.25) is 5.91 Å². The summed E-state index contributed by atoms with van der Waals surface area (Å²) in [7, 11) is 0. The van der Waals surface area contributed by atoms with E-state index in [-0.39, 0.29) is 5.56 Å². The Morgan fingerprint density at radius 1 is 1.10 bits per heavy atom. The van der Waals surface area contributed by atoms with Crippen molar-refractivity contribution in [3.8, 4) is 0 Å². The van der Waals surface area contributed by atoms with Crippen LogP contribution in [0.2, 0.25) is 0 Å². The zero-order valence-corrected chi connectivity index (χ0v) is 11.1. The second kappa shape index (κ2) is 4.90. The number of carbonyl (C=O) groups excluding carboxylic acids is 1. The first kappa shape index (κ1) is 13.1. The van der Waals surface area contributed by atoms with E-state index in [9.17, 15) is 9.59 Å². The number of carboxylic acid groups (broad SMARTS) is 1. The number of aromatic carboxylic acids is 1. The summed E-state index contributed by atoms with van der Waals surface area (Å²) in [6.45, 7) is 1.19. The van der Waals surface area contributed by atoms with Crippen molar-refractivity contribution in [2.24, 2.45) is 5.73 Å². The van der Waals surface area contributed by atoms with Gasteiger partial charge in [0.1, 0.15) is 5.82 Å². The Labute approximate surface area is 120 Å². The van der Waals surface area contributed by atoms with Crippen molar-refractivity contribution in [1.82, 2.24) is 4.98 Å². The van der Waals surface area contributed by atoms with Crippen molar-refractivity contribution in [3.63, 3.8) is 0 Å². The van der Waals surface area contributed by atoms with Crippen LogP contribution in [-0.4, -0.2) is 22.0 Å². The fourth-order valence-corrected chi connectivity index (χ4v) is 2.43. The monoisotopic (exact) mass is 283 g/mol. The third kappa shape index (κ3) is 2.43. The summed E-state index contributed by atoms with van der Waals surface area (Å²) in [4.78, 5) is 28.4. The molecule has 3 N–H and O–H groups in total. The summed E-state index contributed by atoms with van der Waals surface area (Å²) in [5, 5.41) is 9.02. The van der Waals surface area contributed by atoms with Crippen molar-refractivity contribution in [2.45, 2.75) is 13.1 Å². The van der Waals surface area contributed by atoms with Crippen LogP contribution in [0.25, 0.3) is 0 Å². The molecule has 2 aromatic rings. The number of hydrogen-bond acceptors (Lipinski definition) is 4. The molecule has 0 bridgehead atoms. The number of aromatic nitrogens is 1. The Hall–Kier alpha value is -2.89. The number of carboxylic acids is 1. The number of fused-ring (bicyclic) bond motifs is 1. The number of pyridine rings is 1. The third-order valence-electron chi connectivity index (χ3n) is 3.53. The normalized spacial score (nSPS) is 13.0. The van der Waals surface area contributed by atoms with E-state index in [2.05, 4.69) is 4.98 Å². The van der Waals surface area contributed by atoms with Crippen LogP contribution in [-0.2, 0) is 13.1 Å². The van der Waals surface area contributed by atoms with Gasteiger partial charge in [-0.2, -0.15) is 0 Å². The highest BCUT2D eigenvalue weighted by atomic mass is 16.4. The first-order chi connectivity index (χ1) is 10.0. The minimum Gasteiger partial charge on any atom is -0.478 e. The highest BCUT2D eigenvalue weighted by molar-refractivity contribution is 5.93. The molecule has 0 unspecified atom stereocenters. The Morgan fingerprint density at radius 2 is 1.86 bits per heavy atom. The first-order valence-corrected chi connectivity index (χ1v) is 6.40. The van der Waals surface area contributed by atoms with Gasteiger partial charge in [0.25, 0.3) is 0 Å². The van der Waals surface area contributed by atoms with Gasteiger partial charge in [-0.1, -0.05) is 6.07 Å². The molecular weight excluding hydrogens is 270 g/mol. The second-order valence-electron chi connectivity index (χ2n) is 4.91. The van der Waals surface area contributed by atoms with Gasteiger partial charge in [0, 0.05) is 24.8 Å². The molecule has 2 heterocycles. The van der Waals surface area contributed by atoms with Gasteiger partial charge in [-0.05, 0) is 35.4 Å². The third-order valence-corrected chi connectivity index (χ3v) is 3.53. The van der Waals surface area contributed by atoms with Crippen LogP contribution in [0.15, 0.2) is 36.5 Å². The number of rotatable bonds is 3. The van der Waals surface area contributed by atoms with Gasteiger partial charge in [0.15, 0.2) is 0 Å². The van der Waals surface area contributed by atoms with Crippen LogP contribution in [0.3, 0.4) is 0 Å². The summed E-state index contributed by atoms with van der Waals surface area (Å²) in [5.41, 5.74) is 7.97. The average molecular weight is 283 g/mol. The number of nitrogens with two attached hydrogens (primary N) is 1. The van der Waals surface area contributed by atoms with Gasteiger partial charge in [-0.25, -0.2) is 9.78 Å². The van der Waals surface area contributed by atoms with E-state index < -0.39 is 11.9 Å². The van der Waals surface area contributed by atoms with Crippen LogP contribution >= 0.6 is 0 Å². The molecule has 0 saturated carbocycles. The van der Waals surface area contributed by atoms with E-state index in [1.54, 1.807) is 30.5 Å². The van der Waals surface area contributed by atoms with Crippen molar-refractivity contribution in [1.29, 1.82) is 0 Å². The van der Waals surface area contributed by atoms with Gasteiger partial charge in [0.05, 0.1) is 5.56 Å². The number of hydrogen-bond donors (Lipinski definition) is 2. The van der Waals surface area contributed by atoms with Crippen LogP contribution in [0.5, 0.6) is 0 Å². The summed E-state index contributed by atoms with van der Waals surface area (Å²) >= 11 is 0. The molecule has 3 rings (SSSR count). The topological polar surface area (TPSA) is 96.5 Å². The lowest BCUT2D eigenvalue weighted by Crippen LogP contribution is -2.18. The number of carbonyl (C=O) groups is 2. The average Bonchev–Trinajstić information content (AvgIpc) is 2.90. The van der Waals surface area contributed by atoms with Crippen molar-refractivity contribution >= 4 is 17.7 Å². The standard InChI is InChI=1S/C15H13N3O3/c16-14(19)9-3-4-17-13(6-9)18-7-11-2-1-10(15(20)21)5-12(11)8-18/h1-6H,7-8H2,(H2,16,19)(H,20,21). The summed E-state index contributed by atoms with van der Waals surface area (Å²) in [6, 6.07) is 8.30. The van der Waals surface area contributed by atoms with E-state index in [1.807, 2.05) is 11.0 Å². The molecule has 1 aromatic heterocycles. The number of amides is 1. The fourth-order valence-electron chi connectivity index (χ4n) is 2.43. The summed E-state index contributed by atoms with van der Waals surface area (Å²) < 4.78 is 0. The molecule has 0 fully saturated rings. The minimum atomic E-state index is -0.940. The number of anilines is 1. The van der Waals surface area contributed by atoms with E-state index in [0.29, 0.717) is 24.5 Å². The largest absolute Gasteiger partial charge is 0.478 e. The van der Waals surface area contributed by atoms with Crippen molar-refractivity contribution in [3.05, 3.63) is 58.8 Å². The van der Waals surface area contributed by atoms with Crippen LogP contribution in [0.4, 0.5) is 5.82 Å².